The Balaban J connectivity index is 1.49. The topological polar surface area (TPSA) is 102 Å². The average molecular weight is 474 g/mol. The number of rotatable bonds is 3. The third-order valence-corrected chi connectivity index (χ3v) is 6.25. The highest BCUT2D eigenvalue weighted by molar-refractivity contribution is 5.87. The quantitative estimate of drug-likeness (QED) is 0.477. The Bertz CT molecular complexity index is 1400. The van der Waals surface area contributed by atoms with Crippen LogP contribution in [0.3, 0.4) is 0 Å². The molecule has 9 nitrogen and oxygen atoms in total. The molecule has 0 atom stereocenters. The second-order valence-corrected chi connectivity index (χ2v) is 9.82. The van der Waals surface area contributed by atoms with E-state index in [0.717, 1.165) is 39.8 Å². The highest BCUT2D eigenvalue weighted by Crippen LogP contribution is 2.32. The van der Waals surface area contributed by atoms with E-state index in [1.165, 1.54) is 0 Å². The fourth-order valence-electron chi connectivity index (χ4n) is 4.49. The van der Waals surface area contributed by atoms with Gasteiger partial charge in [0.1, 0.15) is 17.2 Å². The summed E-state index contributed by atoms with van der Waals surface area (Å²) >= 11 is 0. The zero-order valence-corrected chi connectivity index (χ0v) is 20.7. The number of pyridine rings is 1. The van der Waals surface area contributed by atoms with Crippen molar-refractivity contribution in [1.29, 1.82) is 0 Å². The Hall–Kier alpha value is -3.88. The number of amides is 1. The van der Waals surface area contributed by atoms with E-state index in [1.54, 1.807) is 15.6 Å². The number of carbonyl (C=O) groups is 1. The van der Waals surface area contributed by atoms with Crippen molar-refractivity contribution in [3.63, 3.8) is 0 Å². The lowest BCUT2D eigenvalue weighted by Crippen LogP contribution is -2.50. The number of piperazine rings is 1. The first kappa shape index (κ1) is 22.9. The van der Waals surface area contributed by atoms with Crippen LogP contribution in [0.1, 0.15) is 33.3 Å². The fraction of sp³-hybridized carbons (Fsp3) is 0.385. The number of carbonyl (C=O) groups excluding carboxylic acids is 1. The van der Waals surface area contributed by atoms with Crippen molar-refractivity contribution >= 4 is 34.3 Å². The molecular weight excluding hydrogens is 442 g/mol. The number of hydrogen-bond donors (Lipinski definition) is 1. The van der Waals surface area contributed by atoms with E-state index in [-0.39, 0.29) is 6.09 Å². The molecule has 0 saturated carbocycles. The first-order valence-corrected chi connectivity index (χ1v) is 12.0. The largest absolute Gasteiger partial charge is 0.444 e. The summed E-state index contributed by atoms with van der Waals surface area (Å²) in [7, 11) is 0. The van der Waals surface area contributed by atoms with E-state index in [2.05, 4.69) is 28.0 Å². The zero-order valence-electron chi connectivity index (χ0n) is 20.7. The number of nitrogen functional groups attached to an aromatic ring is 1. The van der Waals surface area contributed by atoms with Crippen LogP contribution in [0, 0.1) is 0 Å². The Kier molecular flexibility index (Phi) is 5.70. The molecule has 5 rings (SSSR count). The summed E-state index contributed by atoms with van der Waals surface area (Å²) in [5.41, 5.74) is 10.5. The summed E-state index contributed by atoms with van der Waals surface area (Å²) in [4.78, 5) is 26.1. The minimum atomic E-state index is -0.513. The minimum absolute atomic E-state index is 0.280. The predicted molar refractivity (Wildman–Crippen MR) is 138 cm³/mol. The van der Waals surface area contributed by atoms with Crippen LogP contribution in [-0.2, 0) is 11.2 Å². The molecule has 1 fully saturated rings. The van der Waals surface area contributed by atoms with Gasteiger partial charge in [0.15, 0.2) is 5.65 Å². The summed E-state index contributed by atoms with van der Waals surface area (Å²) in [5, 5.41) is 5.61. The SMILES string of the molecule is CCc1c(N2CCN(C(=O)OC(C)(C)C)CC2)nc2c(-c3cnc4ccccc4c3)cnn2c1N. The molecule has 1 amide bonds. The highest BCUT2D eigenvalue weighted by atomic mass is 16.6. The molecule has 9 heteroatoms. The molecule has 0 unspecified atom stereocenters. The number of para-hydroxylation sites is 1. The number of anilines is 2. The number of benzene rings is 1. The molecule has 0 bridgehead atoms. The van der Waals surface area contributed by atoms with Gasteiger partial charge < -0.3 is 20.3 Å². The number of ether oxygens (including phenoxy) is 1. The first-order chi connectivity index (χ1) is 16.7. The molecule has 1 saturated heterocycles. The number of nitrogens with zero attached hydrogens (tertiary/aromatic N) is 6. The van der Waals surface area contributed by atoms with Crippen LogP contribution in [0.25, 0.3) is 27.7 Å². The number of aromatic nitrogens is 4. The smallest absolute Gasteiger partial charge is 0.410 e. The summed E-state index contributed by atoms with van der Waals surface area (Å²) < 4.78 is 7.25. The fourth-order valence-corrected chi connectivity index (χ4v) is 4.49. The van der Waals surface area contributed by atoms with Crippen LogP contribution in [0.15, 0.2) is 42.7 Å². The molecule has 0 spiro atoms. The van der Waals surface area contributed by atoms with Gasteiger partial charge in [-0.1, -0.05) is 25.1 Å². The number of fused-ring (bicyclic) bond motifs is 2. The molecule has 1 aliphatic rings. The number of hydrogen-bond acceptors (Lipinski definition) is 7. The Morgan fingerprint density at radius 3 is 2.57 bits per heavy atom. The van der Waals surface area contributed by atoms with Gasteiger partial charge in [0.05, 0.1) is 11.7 Å². The molecule has 182 valence electrons. The molecule has 3 aromatic heterocycles. The van der Waals surface area contributed by atoms with Gasteiger partial charge in [-0.2, -0.15) is 9.61 Å². The van der Waals surface area contributed by atoms with Gasteiger partial charge in [-0.3, -0.25) is 4.98 Å². The lowest BCUT2D eigenvalue weighted by molar-refractivity contribution is 0.0240. The lowest BCUT2D eigenvalue weighted by Gasteiger charge is -2.37. The summed E-state index contributed by atoms with van der Waals surface area (Å²) in [6, 6.07) is 10.1. The lowest BCUT2D eigenvalue weighted by atomic mass is 10.1. The van der Waals surface area contributed by atoms with Crippen molar-refractivity contribution in [1.82, 2.24) is 24.5 Å². The molecule has 2 N–H and O–H groups in total. The van der Waals surface area contributed by atoms with Crippen molar-refractivity contribution in [2.45, 2.75) is 39.7 Å². The molecule has 35 heavy (non-hydrogen) atoms. The Labute approximate surface area is 204 Å². The van der Waals surface area contributed by atoms with Gasteiger partial charge in [0.25, 0.3) is 0 Å². The van der Waals surface area contributed by atoms with Gasteiger partial charge in [0.2, 0.25) is 0 Å². The normalized spacial score (nSPS) is 14.6. The van der Waals surface area contributed by atoms with Crippen molar-refractivity contribution in [3.05, 3.63) is 48.3 Å². The molecule has 1 aliphatic heterocycles. The van der Waals surface area contributed by atoms with Gasteiger partial charge in [0, 0.05) is 54.5 Å². The Morgan fingerprint density at radius 2 is 1.86 bits per heavy atom. The van der Waals surface area contributed by atoms with Crippen molar-refractivity contribution in [2.75, 3.05) is 36.8 Å². The second-order valence-electron chi connectivity index (χ2n) is 9.82. The van der Waals surface area contributed by atoms with Crippen LogP contribution in [0.5, 0.6) is 0 Å². The van der Waals surface area contributed by atoms with Gasteiger partial charge in [-0.25, -0.2) is 9.78 Å². The summed E-state index contributed by atoms with van der Waals surface area (Å²) in [5.74, 6) is 1.43. The van der Waals surface area contributed by atoms with Crippen molar-refractivity contribution < 1.29 is 9.53 Å². The van der Waals surface area contributed by atoms with E-state index in [9.17, 15) is 4.79 Å². The van der Waals surface area contributed by atoms with E-state index < -0.39 is 5.60 Å². The van der Waals surface area contributed by atoms with E-state index in [1.807, 2.05) is 51.2 Å². The van der Waals surface area contributed by atoms with Crippen LogP contribution >= 0.6 is 0 Å². The monoisotopic (exact) mass is 473 g/mol. The standard InChI is InChI=1S/C26H31N7O2/c1-5-19-22(27)33-24(20(16-29-33)18-14-17-8-6-7-9-21(17)28-15-18)30-23(19)31-10-12-32(13-11-31)25(34)35-26(2,3)4/h6-9,14-16H,5,10-13,27H2,1-4H3. The van der Waals surface area contributed by atoms with Gasteiger partial charge in [-0.15, -0.1) is 0 Å². The average Bonchev–Trinajstić information content (AvgIpc) is 3.27. The van der Waals surface area contributed by atoms with Gasteiger partial charge >= 0.3 is 6.09 Å². The maximum absolute atomic E-state index is 12.5. The van der Waals surface area contributed by atoms with Crippen molar-refractivity contribution in [2.24, 2.45) is 0 Å². The van der Waals surface area contributed by atoms with Crippen LogP contribution in [0.4, 0.5) is 16.4 Å². The van der Waals surface area contributed by atoms with E-state index >= 15 is 0 Å². The third-order valence-electron chi connectivity index (χ3n) is 6.25. The zero-order chi connectivity index (χ0) is 24.7. The third kappa shape index (κ3) is 4.34. The highest BCUT2D eigenvalue weighted by Gasteiger charge is 2.28. The summed E-state index contributed by atoms with van der Waals surface area (Å²) in [6.45, 7) is 10.1. The number of nitrogens with two attached hydrogens (primary N) is 1. The minimum Gasteiger partial charge on any atom is -0.444 e. The van der Waals surface area contributed by atoms with Crippen LogP contribution in [-0.4, -0.2) is 62.4 Å². The summed E-state index contributed by atoms with van der Waals surface area (Å²) in [6.07, 6.45) is 4.10. The van der Waals surface area contributed by atoms with Gasteiger partial charge in [-0.05, 0) is 39.3 Å². The molecule has 1 aromatic carbocycles. The maximum Gasteiger partial charge on any atom is 0.410 e. The second kappa shape index (κ2) is 8.72. The van der Waals surface area contributed by atoms with Crippen LogP contribution < -0.4 is 10.6 Å². The molecule has 0 radical (unpaired) electrons. The van der Waals surface area contributed by atoms with Crippen molar-refractivity contribution in [3.8, 4) is 11.1 Å². The maximum atomic E-state index is 12.5. The van der Waals surface area contributed by atoms with E-state index in [4.69, 9.17) is 15.5 Å². The predicted octanol–water partition coefficient (Wildman–Crippen LogP) is 4.15. The molecule has 4 aromatic rings. The molecule has 0 aliphatic carbocycles. The molecule has 4 heterocycles. The van der Waals surface area contributed by atoms with Crippen LogP contribution in [0.2, 0.25) is 0 Å². The Morgan fingerprint density at radius 1 is 1.11 bits per heavy atom. The first-order valence-electron chi connectivity index (χ1n) is 12.0. The molecular formula is C26H31N7O2. The van der Waals surface area contributed by atoms with E-state index in [0.29, 0.717) is 37.6 Å².